The minimum Gasteiger partial charge on any atom is -0.359 e. The van der Waals surface area contributed by atoms with Crippen molar-refractivity contribution in [1.82, 2.24) is 4.57 Å². The molecule has 2 nitrogen and oxygen atoms in total. The number of para-hydroxylation sites is 2. The molecule has 0 aliphatic heterocycles. The summed E-state index contributed by atoms with van der Waals surface area (Å²) >= 11 is 6.77. The van der Waals surface area contributed by atoms with Crippen LogP contribution in [0.2, 0.25) is 0 Å². The van der Waals surface area contributed by atoms with E-state index in [1.165, 1.54) is 21.8 Å². The van der Waals surface area contributed by atoms with Crippen LogP contribution in [0.5, 0.6) is 0 Å². The Labute approximate surface area is 165 Å². The molecule has 0 radical (unpaired) electrons. The summed E-state index contributed by atoms with van der Waals surface area (Å²) < 4.78 is 7.96. The fraction of sp³-hybridized carbons (Fsp3) is 0.250. The predicted octanol–water partition coefficient (Wildman–Crippen LogP) is 7.01. The van der Waals surface area contributed by atoms with Gasteiger partial charge in [-0.05, 0) is 42.7 Å². The van der Waals surface area contributed by atoms with Crippen LogP contribution in [0.25, 0.3) is 27.5 Å². The Hall–Kier alpha value is -2.29. The third-order valence-electron chi connectivity index (χ3n) is 5.31. The number of aromatic nitrogens is 1. The molecule has 0 amide bonds. The molecule has 0 spiro atoms. The van der Waals surface area contributed by atoms with E-state index >= 15 is 0 Å². The van der Waals surface area contributed by atoms with Crippen LogP contribution in [-0.4, -0.2) is 11.7 Å². The van der Waals surface area contributed by atoms with Crippen molar-refractivity contribution in [3.8, 4) is 5.69 Å². The molecule has 0 fully saturated rings. The Balaban J connectivity index is 1.83. The van der Waals surface area contributed by atoms with Gasteiger partial charge < -0.3 is 9.30 Å². The number of ether oxygens (including phenoxy) is 1. The molecule has 4 rings (SSSR count). The summed E-state index contributed by atoms with van der Waals surface area (Å²) in [6, 6.07) is 25.5. The minimum absolute atomic E-state index is 0.755. The topological polar surface area (TPSA) is 14.2 Å². The lowest BCUT2D eigenvalue weighted by Crippen LogP contribution is -2.21. The maximum atomic E-state index is 6.77. The number of halogens is 1. The fourth-order valence-electron chi connectivity index (χ4n) is 3.83. The van der Waals surface area contributed by atoms with Crippen molar-refractivity contribution in [1.29, 1.82) is 0 Å². The molecule has 3 heteroatoms. The van der Waals surface area contributed by atoms with Crippen LogP contribution >= 0.6 is 11.6 Å². The summed E-state index contributed by atoms with van der Waals surface area (Å²) in [4.78, 5) is 0. The second-order valence-electron chi connectivity index (χ2n) is 6.95. The van der Waals surface area contributed by atoms with E-state index in [0.29, 0.717) is 0 Å². The zero-order valence-corrected chi connectivity index (χ0v) is 16.5. The van der Waals surface area contributed by atoms with E-state index in [1.807, 2.05) is 0 Å². The lowest BCUT2D eigenvalue weighted by molar-refractivity contribution is 0.0521. The number of methoxy groups -OCH3 is 1. The molecule has 3 aromatic carbocycles. The molecule has 0 saturated carbocycles. The summed E-state index contributed by atoms with van der Waals surface area (Å²) in [6.45, 7) is 2.17. The molecule has 1 heterocycles. The SMILES string of the molecule is CCCCC(Cl)(OC)c1ccc(-n2c3ccccc3c3ccccc32)cc1. The van der Waals surface area contributed by atoms with Crippen molar-refractivity contribution in [2.75, 3.05) is 7.11 Å². The first kappa shape index (κ1) is 18.1. The van der Waals surface area contributed by atoms with E-state index in [0.717, 1.165) is 30.5 Å². The van der Waals surface area contributed by atoms with Crippen LogP contribution in [0.15, 0.2) is 72.8 Å². The first-order chi connectivity index (χ1) is 13.2. The van der Waals surface area contributed by atoms with Gasteiger partial charge in [-0.15, -0.1) is 0 Å². The standard InChI is InChI=1S/C24H24ClNO/c1-3-4-17-24(25,27-2)18-13-15-19(16-14-18)26-22-11-7-5-9-20(22)21-10-6-8-12-23(21)26/h5-16H,3-4,17H2,1-2H3. The fourth-order valence-corrected chi connectivity index (χ4v) is 4.09. The van der Waals surface area contributed by atoms with Crippen LogP contribution < -0.4 is 0 Å². The summed E-state index contributed by atoms with van der Waals surface area (Å²) in [5, 5.41) is 1.78. The van der Waals surface area contributed by atoms with Crippen molar-refractivity contribution >= 4 is 33.4 Å². The second-order valence-corrected chi connectivity index (χ2v) is 7.56. The molecule has 1 aromatic heterocycles. The Morgan fingerprint density at radius 1 is 0.852 bits per heavy atom. The van der Waals surface area contributed by atoms with Gasteiger partial charge in [0.25, 0.3) is 0 Å². The van der Waals surface area contributed by atoms with E-state index in [1.54, 1.807) is 7.11 Å². The Morgan fingerprint density at radius 3 is 1.93 bits per heavy atom. The molecular formula is C24H24ClNO. The largest absolute Gasteiger partial charge is 0.359 e. The van der Waals surface area contributed by atoms with Crippen LogP contribution in [0, 0.1) is 0 Å². The number of fused-ring (bicyclic) bond motifs is 3. The Bertz CT molecular complexity index is 1010. The summed E-state index contributed by atoms with van der Waals surface area (Å²) in [5.74, 6) is 0. The quantitative estimate of drug-likeness (QED) is 0.329. The molecule has 138 valence electrons. The molecule has 0 aliphatic rings. The van der Waals surface area contributed by atoms with Gasteiger partial charge in [-0.2, -0.15) is 0 Å². The highest BCUT2D eigenvalue weighted by molar-refractivity contribution is 6.23. The molecule has 1 atom stereocenters. The molecule has 1 unspecified atom stereocenters. The zero-order valence-electron chi connectivity index (χ0n) is 15.8. The summed E-state index contributed by atoms with van der Waals surface area (Å²) in [6.07, 6.45) is 2.93. The molecule has 0 saturated heterocycles. The zero-order chi connectivity index (χ0) is 18.9. The smallest absolute Gasteiger partial charge is 0.166 e. The molecule has 0 aliphatic carbocycles. The molecule has 0 N–H and O–H groups in total. The van der Waals surface area contributed by atoms with Gasteiger partial charge in [0.05, 0.1) is 11.0 Å². The summed E-state index contributed by atoms with van der Waals surface area (Å²) in [7, 11) is 1.68. The van der Waals surface area contributed by atoms with Crippen LogP contribution in [-0.2, 0) is 9.80 Å². The van der Waals surface area contributed by atoms with Crippen LogP contribution in [0.3, 0.4) is 0 Å². The minimum atomic E-state index is -0.755. The van der Waals surface area contributed by atoms with E-state index in [4.69, 9.17) is 16.3 Å². The molecular weight excluding hydrogens is 354 g/mol. The van der Waals surface area contributed by atoms with Gasteiger partial charge in [0.2, 0.25) is 0 Å². The van der Waals surface area contributed by atoms with Gasteiger partial charge in [-0.3, -0.25) is 0 Å². The predicted molar refractivity (Wildman–Crippen MR) is 115 cm³/mol. The summed E-state index contributed by atoms with van der Waals surface area (Å²) in [5.41, 5.74) is 4.55. The molecule has 0 bridgehead atoms. The van der Waals surface area contributed by atoms with Gasteiger partial charge in [0.1, 0.15) is 0 Å². The third-order valence-corrected chi connectivity index (χ3v) is 5.87. The van der Waals surface area contributed by atoms with Crippen LogP contribution in [0.1, 0.15) is 31.7 Å². The highest BCUT2D eigenvalue weighted by Crippen LogP contribution is 2.37. The van der Waals surface area contributed by atoms with Gasteiger partial charge >= 0.3 is 0 Å². The van der Waals surface area contributed by atoms with E-state index in [9.17, 15) is 0 Å². The maximum Gasteiger partial charge on any atom is 0.166 e. The van der Waals surface area contributed by atoms with Crippen molar-refractivity contribution in [2.45, 2.75) is 31.2 Å². The molecule has 27 heavy (non-hydrogen) atoms. The average Bonchev–Trinajstić information content (AvgIpc) is 3.07. The number of unbranched alkanes of at least 4 members (excludes halogenated alkanes) is 1. The van der Waals surface area contributed by atoms with Gasteiger partial charge in [0, 0.05) is 23.6 Å². The van der Waals surface area contributed by atoms with Crippen molar-refractivity contribution < 1.29 is 4.74 Å². The number of hydrogen-bond acceptors (Lipinski definition) is 1. The van der Waals surface area contributed by atoms with E-state index < -0.39 is 5.06 Å². The number of nitrogens with zero attached hydrogens (tertiary/aromatic N) is 1. The van der Waals surface area contributed by atoms with Crippen LogP contribution in [0.4, 0.5) is 0 Å². The number of hydrogen-bond donors (Lipinski definition) is 0. The van der Waals surface area contributed by atoms with Crippen molar-refractivity contribution in [3.05, 3.63) is 78.4 Å². The second kappa shape index (κ2) is 7.38. The monoisotopic (exact) mass is 377 g/mol. The number of benzene rings is 3. The lowest BCUT2D eigenvalue weighted by Gasteiger charge is -2.26. The Kier molecular flexibility index (Phi) is 4.94. The third kappa shape index (κ3) is 3.13. The molecule has 4 aromatic rings. The first-order valence-electron chi connectivity index (χ1n) is 9.51. The highest BCUT2D eigenvalue weighted by atomic mass is 35.5. The van der Waals surface area contributed by atoms with E-state index in [2.05, 4.69) is 84.3 Å². The number of rotatable bonds is 6. The number of alkyl halides is 1. The Morgan fingerprint density at radius 2 is 1.41 bits per heavy atom. The average molecular weight is 378 g/mol. The van der Waals surface area contributed by atoms with Crippen molar-refractivity contribution in [2.24, 2.45) is 0 Å². The lowest BCUT2D eigenvalue weighted by atomic mass is 10.0. The van der Waals surface area contributed by atoms with Crippen molar-refractivity contribution in [3.63, 3.8) is 0 Å². The highest BCUT2D eigenvalue weighted by Gasteiger charge is 2.28. The van der Waals surface area contributed by atoms with Gasteiger partial charge in [-0.25, -0.2) is 0 Å². The van der Waals surface area contributed by atoms with E-state index in [-0.39, 0.29) is 0 Å². The first-order valence-corrected chi connectivity index (χ1v) is 9.89. The maximum absolute atomic E-state index is 6.77. The van der Waals surface area contributed by atoms with Gasteiger partial charge in [-0.1, -0.05) is 73.5 Å². The van der Waals surface area contributed by atoms with Gasteiger partial charge in [0.15, 0.2) is 5.06 Å². The normalized spacial score (nSPS) is 13.9.